The molecule has 1 heterocycles. The normalized spacial score (nSPS) is 14.7. The fourth-order valence-electron chi connectivity index (χ4n) is 1.83. The van der Waals surface area contributed by atoms with Crippen LogP contribution in [0.1, 0.15) is 35.0 Å². The Morgan fingerprint density at radius 3 is 2.94 bits per heavy atom. The molecule has 0 amide bonds. The first-order valence-corrected chi connectivity index (χ1v) is 7.00. The van der Waals surface area contributed by atoms with Gasteiger partial charge in [-0.1, -0.05) is 18.2 Å². The summed E-state index contributed by atoms with van der Waals surface area (Å²) in [5.74, 6) is 1.44. The highest BCUT2D eigenvalue weighted by Crippen LogP contribution is 2.41. The lowest BCUT2D eigenvalue weighted by atomic mass is 10.2. The molecule has 0 spiro atoms. The highest BCUT2D eigenvalue weighted by Gasteiger charge is 2.26. The summed E-state index contributed by atoms with van der Waals surface area (Å²) >= 11 is 1.72. The van der Waals surface area contributed by atoms with Crippen molar-refractivity contribution in [3.63, 3.8) is 0 Å². The molecule has 94 valence electrons. The zero-order valence-electron chi connectivity index (χ0n) is 10.0. The molecule has 0 aliphatic heterocycles. The Morgan fingerprint density at radius 2 is 2.17 bits per heavy atom. The summed E-state index contributed by atoms with van der Waals surface area (Å²) in [6.45, 7) is 0.473. The van der Waals surface area contributed by atoms with E-state index in [9.17, 15) is 5.11 Å². The molecule has 4 heteroatoms. The second-order valence-corrected chi connectivity index (χ2v) is 5.40. The number of para-hydroxylation sites is 1. The third-order valence-corrected chi connectivity index (χ3v) is 4.07. The molecule has 1 aromatic heterocycles. The van der Waals surface area contributed by atoms with Crippen LogP contribution in [-0.4, -0.2) is 10.1 Å². The van der Waals surface area contributed by atoms with E-state index in [2.05, 4.69) is 10.4 Å². The van der Waals surface area contributed by atoms with Gasteiger partial charge in [-0.25, -0.2) is 4.98 Å². The molecular weight excluding hydrogens is 246 g/mol. The number of aliphatic hydroxyl groups excluding tert-OH is 1. The molecule has 0 radical (unpaired) electrons. The molecule has 18 heavy (non-hydrogen) atoms. The first-order chi connectivity index (χ1) is 8.86. The fraction of sp³-hybridized carbons (Fsp3) is 0.357. The standard InChI is InChI=1S/C14H15NO2S/c16-7-11-3-1-2-4-13(11)17-8-12-9-18-14(15-12)10-5-6-10/h1-4,9-10,16H,5-8H2. The van der Waals surface area contributed by atoms with Crippen molar-refractivity contribution in [3.05, 3.63) is 45.9 Å². The van der Waals surface area contributed by atoms with E-state index >= 15 is 0 Å². The largest absolute Gasteiger partial charge is 0.487 e. The zero-order valence-corrected chi connectivity index (χ0v) is 10.8. The van der Waals surface area contributed by atoms with E-state index in [-0.39, 0.29) is 6.61 Å². The number of hydrogen-bond donors (Lipinski definition) is 1. The van der Waals surface area contributed by atoms with E-state index in [0.29, 0.717) is 12.5 Å². The van der Waals surface area contributed by atoms with E-state index < -0.39 is 0 Å². The number of thiazole rings is 1. The zero-order chi connectivity index (χ0) is 12.4. The molecule has 1 aliphatic carbocycles. The smallest absolute Gasteiger partial charge is 0.131 e. The van der Waals surface area contributed by atoms with Crippen molar-refractivity contribution in [1.82, 2.24) is 4.98 Å². The van der Waals surface area contributed by atoms with E-state index in [1.54, 1.807) is 11.3 Å². The summed E-state index contributed by atoms with van der Waals surface area (Å²) in [5.41, 5.74) is 1.80. The average Bonchev–Trinajstić information content (AvgIpc) is 3.16. The summed E-state index contributed by atoms with van der Waals surface area (Å²) < 4.78 is 5.71. The van der Waals surface area contributed by atoms with Gasteiger partial charge in [-0.2, -0.15) is 0 Å². The number of ether oxygens (including phenoxy) is 1. The Kier molecular flexibility index (Phi) is 3.30. The molecule has 1 N–H and O–H groups in total. The summed E-state index contributed by atoms with van der Waals surface area (Å²) in [6, 6.07) is 7.54. The molecule has 3 rings (SSSR count). The first kappa shape index (κ1) is 11.7. The lowest BCUT2D eigenvalue weighted by molar-refractivity contribution is 0.257. The highest BCUT2D eigenvalue weighted by atomic mass is 32.1. The molecule has 1 fully saturated rings. The van der Waals surface area contributed by atoms with Crippen LogP contribution < -0.4 is 4.74 Å². The molecular formula is C14H15NO2S. The average molecular weight is 261 g/mol. The van der Waals surface area contributed by atoms with Crippen molar-refractivity contribution in [2.75, 3.05) is 0 Å². The number of hydrogen-bond acceptors (Lipinski definition) is 4. The van der Waals surface area contributed by atoms with Crippen molar-refractivity contribution in [3.8, 4) is 5.75 Å². The van der Waals surface area contributed by atoms with Crippen LogP contribution >= 0.6 is 11.3 Å². The molecule has 1 saturated carbocycles. The second kappa shape index (κ2) is 5.08. The van der Waals surface area contributed by atoms with Gasteiger partial charge in [-0.3, -0.25) is 0 Å². The van der Waals surface area contributed by atoms with E-state index in [1.807, 2.05) is 24.3 Å². The predicted octanol–water partition coefficient (Wildman–Crippen LogP) is 3.09. The first-order valence-electron chi connectivity index (χ1n) is 6.12. The monoisotopic (exact) mass is 261 g/mol. The number of benzene rings is 1. The number of rotatable bonds is 5. The maximum absolute atomic E-state index is 9.21. The van der Waals surface area contributed by atoms with Crippen LogP contribution in [-0.2, 0) is 13.2 Å². The Labute approximate surface area is 110 Å². The van der Waals surface area contributed by atoms with E-state index in [1.165, 1.54) is 17.8 Å². The van der Waals surface area contributed by atoms with Crippen LogP contribution in [0.4, 0.5) is 0 Å². The quantitative estimate of drug-likeness (QED) is 0.899. The number of aliphatic hydroxyl groups is 1. The van der Waals surface area contributed by atoms with Crippen molar-refractivity contribution in [2.24, 2.45) is 0 Å². The minimum atomic E-state index is 0.000558. The van der Waals surface area contributed by atoms with Gasteiger partial charge in [0, 0.05) is 16.9 Å². The molecule has 0 bridgehead atoms. The Bertz CT molecular complexity index is 534. The summed E-state index contributed by atoms with van der Waals surface area (Å²) in [7, 11) is 0. The van der Waals surface area contributed by atoms with Crippen molar-refractivity contribution >= 4 is 11.3 Å². The van der Waals surface area contributed by atoms with Crippen molar-refractivity contribution in [1.29, 1.82) is 0 Å². The van der Waals surface area contributed by atoms with Crippen LogP contribution in [0.2, 0.25) is 0 Å². The third kappa shape index (κ3) is 2.54. The van der Waals surface area contributed by atoms with E-state index in [4.69, 9.17) is 4.74 Å². The predicted molar refractivity (Wildman–Crippen MR) is 70.8 cm³/mol. The Morgan fingerprint density at radius 1 is 1.33 bits per heavy atom. The Balaban J connectivity index is 1.65. The van der Waals surface area contributed by atoms with Crippen LogP contribution in [0.25, 0.3) is 0 Å². The van der Waals surface area contributed by atoms with Crippen molar-refractivity contribution < 1.29 is 9.84 Å². The van der Waals surface area contributed by atoms with Crippen LogP contribution in [0, 0.1) is 0 Å². The van der Waals surface area contributed by atoms with Gasteiger partial charge in [0.05, 0.1) is 17.3 Å². The molecule has 0 saturated heterocycles. The van der Waals surface area contributed by atoms with Gasteiger partial charge in [0.1, 0.15) is 12.4 Å². The minimum Gasteiger partial charge on any atom is -0.487 e. The maximum atomic E-state index is 9.21. The lowest BCUT2D eigenvalue weighted by Gasteiger charge is -2.08. The summed E-state index contributed by atoms with van der Waals surface area (Å²) in [4.78, 5) is 4.57. The topological polar surface area (TPSA) is 42.4 Å². The van der Waals surface area contributed by atoms with Gasteiger partial charge in [-0.15, -0.1) is 11.3 Å². The SMILES string of the molecule is OCc1ccccc1OCc1csc(C2CC2)n1. The molecule has 1 aromatic carbocycles. The molecule has 0 atom stereocenters. The van der Waals surface area contributed by atoms with Gasteiger partial charge >= 0.3 is 0 Å². The summed E-state index contributed by atoms with van der Waals surface area (Å²) in [6.07, 6.45) is 2.56. The maximum Gasteiger partial charge on any atom is 0.131 e. The van der Waals surface area contributed by atoms with Gasteiger partial charge in [0.25, 0.3) is 0 Å². The van der Waals surface area contributed by atoms with E-state index in [0.717, 1.165) is 17.0 Å². The van der Waals surface area contributed by atoms with Gasteiger partial charge in [0.15, 0.2) is 0 Å². The van der Waals surface area contributed by atoms with Crippen LogP contribution in [0.3, 0.4) is 0 Å². The molecule has 2 aromatic rings. The fourth-order valence-corrected chi connectivity index (χ4v) is 2.81. The third-order valence-electron chi connectivity index (χ3n) is 3.01. The highest BCUT2D eigenvalue weighted by molar-refractivity contribution is 7.09. The molecule has 3 nitrogen and oxygen atoms in total. The van der Waals surface area contributed by atoms with Gasteiger partial charge in [-0.05, 0) is 18.9 Å². The van der Waals surface area contributed by atoms with Crippen LogP contribution in [0.5, 0.6) is 5.75 Å². The van der Waals surface area contributed by atoms with Gasteiger partial charge in [0.2, 0.25) is 0 Å². The number of nitrogens with zero attached hydrogens (tertiary/aromatic N) is 1. The van der Waals surface area contributed by atoms with Crippen molar-refractivity contribution in [2.45, 2.75) is 32.0 Å². The summed E-state index contributed by atoms with van der Waals surface area (Å²) in [5, 5.41) is 12.5. The number of aromatic nitrogens is 1. The minimum absolute atomic E-state index is 0.000558. The van der Waals surface area contributed by atoms with Gasteiger partial charge < -0.3 is 9.84 Å². The Hall–Kier alpha value is -1.39. The second-order valence-electron chi connectivity index (χ2n) is 4.51. The molecule has 1 aliphatic rings. The lowest BCUT2D eigenvalue weighted by Crippen LogP contribution is -1.99. The molecule has 0 unspecified atom stereocenters. The van der Waals surface area contributed by atoms with Crippen LogP contribution in [0.15, 0.2) is 29.6 Å².